The lowest BCUT2D eigenvalue weighted by Gasteiger charge is -2.34. The number of fused-ring (bicyclic) bond motifs is 1. The predicted molar refractivity (Wildman–Crippen MR) is 103 cm³/mol. The van der Waals surface area contributed by atoms with Crippen LogP contribution in [-0.2, 0) is 6.54 Å². The van der Waals surface area contributed by atoms with E-state index in [4.69, 9.17) is 0 Å². The summed E-state index contributed by atoms with van der Waals surface area (Å²) >= 11 is 0. The molecule has 0 N–H and O–H groups in total. The fourth-order valence-electron chi connectivity index (χ4n) is 3.36. The normalized spacial score (nSPS) is 15.2. The molecule has 1 aliphatic heterocycles. The van der Waals surface area contributed by atoms with E-state index in [2.05, 4.69) is 15.0 Å². The van der Waals surface area contributed by atoms with Crippen LogP contribution in [-0.4, -0.2) is 63.2 Å². The number of pyridine rings is 1. The van der Waals surface area contributed by atoms with Crippen LogP contribution in [0.4, 0.5) is 0 Å². The van der Waals surface area contributed by atoms with Gasteiger partial charge in [0.15, 0.2) is 0 Å². The summed E-state index contributed by atoms with van der Waals surface area (Å²) < 4.78 is 1.47. The Labute approximate surface area is 156 Å². The molecule has 2 aromatic heterocycles. The first-order valence-corrected chi connectivity index (χ1v) is 9.09. The molecular formula is C20H21N5O2. The monoisotopic (exact) mass is 363 g/mol. The van der Waals surface area contributed by atoms with E-state index in [1.165, 1.54) is 10.7 Å². The molecule has 1 amide bonds. The van der Waals surface area contributed by atoms with Crippen LogP contribution in [0, 0.1) is 0 Å². The third-order valence-corrected chi connectivity index (χ3v) is 4.92. The van der Waals surface area contributed by atoms with Crippen molar-refractivity contribution in [3.63, 3.8) is 0 Å². The van der Waals surface area contributed by atoms with Gasteiger partial charge in [-0.05, 0) is 30.3 Å². The first-order valence-electron chi connectivity index (χ1n) is 9.09. The van der Waals surface area contributed by atoms with Crippen LogP contribution in [0.2, 0.25) is 0 Å². The number of amides is 1. The van der Waals surface area contributed by atoms with E-state index in [9.17, 15) is 9.59 Å². The number of rotatable bonds is 4. The Bertz CT molecular complexity index is 1010. The fourth-order valence-corrected chi connectivity index (χ4v) is 3.36. The Balaban J connectivity index is 1.34. The molecule has 4 rings (SSSR count). The van der Waals surface area contributed by atoms with Gasteiger partial charge in [0.05, 0.1) is 12.1 Å². The van der Waals surface area contributed by atoms with Gasteiger partial charge in [0.25, 0.3) is 11.5 Å². The quantitative estimate of drug-likeness (QED) is 0.698. The molecule has 1 saturated heterocycles. The Morgan fingerprint density at radius 2 is 1.78 bits per heavy atom. The zero-order valence-corrected chi connectivity index (χ0v) is 15.0. The SMILES string of the molecule is O=C(c1ccc2ncccc2c1)N1CCN(CCn2ncccc2=O)CC1. The molecule has 1 aromatic carbocycles. The summed E-state index contributed by atoms with van der Waals surface area (Å²) in [7, 11) is 0. The van der Waals surface area contributed by atoms with Gasteiger partial charge in [-0.1, -0.05) is 6.07 Å². The van der Waals surface area contributed by atoms with E-state index < -0.39 is 0 Å². The Hall–Kier alpha value is -3.06. The minimum absolute atomic E-state index is 0.0568. The molecular weight excluding hydrogens is 342 g/mol. The largest absolute Gasteiger partial charge is 0.336 e. The Morgan fingerprint density at radius 1 is 0.963 bits per heavy atom. The van der Waals surface area contributed by atoms with E-state index in [1.807, 2.05) is 35.2 Å². The second-order valence-corrected chi connectivity index (χ2v) is 6.63. The van der Waals surface area contributed by atoms with Crippen molar-refractivity contribution in [1.82, 2.24) is 24.6 Å². The number of carbonyl (C=O) groups is 1. The molecule has 3 aromatic rings. The summed E-state index contributed by atoms with van der Waals surface area (Å²) in [5.41, 5.74) is 1.50. The van der Waals surface area contributed by atoms with Crippen molar-refractivity contribution in [2.45, 2.75) is 6.54 Å². The van der Waals surface area contributed by atoms with Crippen LogP contribution in [0.5, 0.6) is 0 Å². The van der Waals surface area contributed by atoms with Gasteiger partial charge in [-0.2, -0.15) is 5.10 Å². The lowest BCUT2D eigenvalue weighted by Crippen LogP contribution is -2.49. The molecule has 138 valence electrons. The molecule has 0 bridgehead atoms. The highest BCUT2D eigenvalue weighted by atomic mass is 16.2. The molecule has 0 aliphatic carbocycles. The standard InChI is InChI=1S/C20H21N5O2/c26-19-4-2-8-22-25(19)14-11-23-9-12-24(13-10-23)20(27)17-5-6-18-16(15-17)3-1-7-21-18/h1-8,15H,9-14H2. The van der Waals surface area contributed by atoms with E-state index >= 15 is 0 Å². The molecule has 27 heavy (non-hydrogen) atoms. The van der Waals surface area contributed by atoms with Crippen molar-refractivity contribution in [3.8, 4) is 0 Å². The number of carbonyl (C=O) groups excluding carboxylic acids is 1. The lowest BCUT2D eigenvalue weighted by molar-refractivity contribution is 0.0631. The molecule has 0 radical (unpaired) electrons. The average molecular weight is 363 g/mol. The molecule has 0 spiro atoms. The number of benzene rings is 1. The fraction of sp³-hybridized carbons (Fsp3) is 0.300. The minimum Gasteiger partial charge on any atom is -0.336 e. The molecule has 0 unspecified atom stereocenters. The average Bonchev–Trinajstić information content (AvgIpc) is 2.73. The maximum Gasteiger partial charge on any atom is 0.266 e. The van der Waals surface area contributed by atoms with Crippen LogP contribution in [0.25, 0.3) is 10.9 Å². The second kappa shape index (κ2) is 7.67. The van der Waals surface area contributed by atoms with Gasteiger partial charge in [0, 0.05) is 62.1 Å². The minimum atomic E-state index is -0.0860. The molecule has 7 heteroatoms. The van der Waals surface area contributed by atoms with Crippen LogP contribution < -0.4 is 5.56 Å². The number of hydrogen-bond donors (Lipinski definition) is 0. The van der Waals surface area contributed by atoms with E-state index in [1.54, 1.807) is 18.5 Å². The Kier molecular flexibility index (Phi) is 4.93. The first-order chi connectivity index (χ1) is 13.2. The highest BCUT2D eigenvalue weighted by Crippen LogP contribution is 2.16. The first kappa shape index (κ1) is 17.4. The van der Waals surface area contributed by atoms with Gasteiger partial charge in [0.1, 0.15) is 0 Å². The maximum atomic E-state index is 12.8. The summed E-state index contributed by atoms with van der Waals surface area (Å²) in [5, 5.41) is 5.05. The van der Waals surface area contributed by atoms with Crippen molar-refractivity contribution < 1.29 is 4.79 Å². The van der Waals surface area contributed by atoms with E-state index in [0.29, 0.717) is 25.2 Å². The van der Waals surface area contributed by atoms with Crippen molar-refractivity contribution >= 4 is 16.8 Å². The van der Waals surface area contributed by atoms with Crippen LogP contribution in [0.15, 0.2) is 59.7 Å². The molecule has 0 saturated carbocycles. The number of piperazine rings is 1. The zero-order chi connectivity index (χ0) is 18.6. The number of hydrogen-bond acceptors (Lipinski definition) is 5. The zero-order valence-electron chi connectivity index (χ0n) is 15.0. The topological polar surface area (TPSA) is 71.3 Å². The third kappa shape index (κ3) is 3.88. The van der Waals surface area contributed by atoms with Gasteiger partial charge in [0.2, 0.25) is 0 Å². The summed E-state index contributed by atoms with van der Waals surface area (Å²) in [4.78, 5) is 33.0. The summed E-state index contributed by atoms with van der Waals surface area (Å²) in [6, 6.07) is 12.7. The van der Waals surface area contributed by atoms with E-state index in [-0.39, 0.29) is 11.5 Å². The third-order valence-electron chi connectivity index (χ3n) is 4.92. The van der Waals surface area contributed by atoms with Crippen LogP contribution in [0.3, 0.4) is 0 Å². The van der Waals surface area contributed by atoms with Crippen LogP contribution in [0.1, 0.15) is 10.4 Å². The molecule has 7 nitrogen and oxygen atoms in total. The molecule has 3 heterocycles. The number of aromatic nitrogens is 3. The van der Waals surface area contributed by atoms with E-state index in [0.717, 1.165) is 30.5 Å². The van der Waals surface area contributed by atoms with Gasteiger partial charge in [-0.3, -0.25) is 19.5 Å². The lowest BCUT2D eigenvalue weighted by atomic mass is 10.1. The molecule has 1 fully saturated rings. The number of nitrogens with zero attached hydrogens (tertiary/aromatic N) is 5. The van der Waals surface area contributed by atoms with Crippen molar-refractivity contribution in [1.29, 1.82) is 0 Å². The smallest absolute Gasteiger partial charge is 0.266 e. The van der Waals surface area contributed by atoms with Gasteiger partial charge in [-0.25, -0.2) is 4.68 Å². The van der Waals surface area contributed by atoms with Crippen molar-refractivity contribution in [3.05, 3.63) is 70.8 Å². The van der Waals surface area contributed by atoms with Crippen molar-refractivity contribution in [2.24, 2.45) is 0 Å². The summed E-state index contributed by atoms with van der Waals surface area (Å²) in [6.07, 6.45) is 3.37. The maximum absolute atomic E-state index is 12.8. The van der Waals surface area contributed by atoms with Gasteiger partial charge < -0.3 is 4.90 Å². The molecule has 1 aliphatic rings. The summed E-state index contributed by atoms with van der Waals surface area (Å²) in [6.45, 7) is 4.26. The van der Waals surface area contributed by atoms with Crippen molar-refractivity contribution in [2.75, 3.05) is 32.7 Å². The molecule has 0 atom stereocenters. The predicted octanol–water partition coefficient (Wildman–Crippen LogP) is 1.25. The van der Waals surface area contributed by atoms with Gasteiger partial charge >= 0.3 is 0 Å². The highest BCUT2D eigenvalue weighted by Gasteiger charge is 2.22. The second-order valence-electron chi connectivity index (χ2n) is 6.63. The van der Waals surface area contributed by atoms with Crippen LogP contribution >= 0.6 is 0 Å². The van der Waals surface area contributed by atoms with Gasteiger partial charge in [-0.15, -0.1) is 0 Å². The Morgan fingerprint density at radius 3 is 2.59 bits per heavy atom. The summed E-state index contributed by atoms with van der Waals surface area (Å²) in [5.74, 6) is 0.0568. The highest BCUT2D eigenvalue weighted by molar-refractivity contribution is 5.98.